The summed E-state index contributed by atoms with van der Waals surface area (Å²) in [6.45, 7) is 3.27. The van der Waals surface area contributed by atoms with Gasteiger partial charge in [-0.25, -0.2) is 4.39 Å². The van der Waals surface area contributed by atoms with Crippen molar-refractivity contribution < 1.29 is 14.3 Å². The van der Waals surface area contributed by atoms with Crippen LogP contribution in [-0.2, 0) is 11.3 Å². The Labute approximate surface area is 118 Å². The Morgan fingerprint density at radius 2 is 2.35 bits per heavy atom. The maximum absolute atomic E-state index is 13.4. The molecule has 110 valence electrons. The molecule has 0 aliphatic carbocycles. The second kappa shape index (κ2) is 6.81. The molecule has 1 aliphatic heterocycles. The lowest BCUT2D eigenvalue weighted by atomic mass is 10.1. The molecule has 0 saturated carbocycles. The number of nitrogens with zero attached hydrogens (tertiary/aromatic N) is 1. The predicted molar refractivity (Wildman–Crippen MR) is 74.7 cm³/mol. The number of benzene rings is 1. The van der Waals surface area contributed by atoms with Gasteiger partial charge in [0.25, 0.3) is 0 Å². The summed E-state index contributed by atoms with van der Waals surface area (Å²) >= 11 is 0. The van der Waals surface area contributed by atoms with Crippen molar-refractivity contribution in [3.8, 4) is 0 Å². The molecule has 2 N–H and O–H groups in total. The molecular weight excluding hydrogens is 259 g/mol. The van der Waals surface area contributed by atoms with E-state index in [2.05, 4.69) is 5.32 Å². The van der Waals surface area contributed by atoms with Crippen LogP contribution in [0.2, 0.25) is 0 Å². The van der Waals surface area contributed by atoms with E-state index >= 15 is 0 Å². The summed E-state index contributed by atoms with van der Waals surface area (Å²) in [4.78, 5) is 13.8. The highest BCUT2D eigenvalue weighted by molar-refractivity contribution is 5.78. The zero-order valence-corrected chi connectivity index (χ0v) is 11.7. The van der Waals surface area contributed by atoms with Crippen LogP contribution in [0.4, 0.5) is 4.39 Å². The summed E-state index contributed by atoms with van der Waals surface area (Å²) in [7, 11) is 0. The van der Waals surface area contributed by atoms with Crippen molar-refractivity contribution in [3.05, 3.63) is 35.1 Å². The van der Waals surface area contributed by atoms with Gasteiger partial charge in [-0.15, -0.1) is 0 Å². The van der Waals surface area contributed by atoms with Gasteiger partial charge in [-0.05, 0) is 43.5 Å². The predicted octanol–water partition coefficient (Wildman–Crippen LogP) is 1.21. The minimum Gasteiger partial charge on any atom is -0.395 e. The molecule has 0 spiro atoms. The van der Waals surface area contributed by atoms with Crippen LogP contribution in [0.25, 0.3) is 0 Å². The first-order valence-electron chi connectivity index (χ1n) is 6.97. The summed E-state index contributed by atoms with van der Waals surface area (Å²) in [5, 5.41) is 12.0. The van der Waals surface area contributed by atoms with Gasteiger partial charge in [0.15, 0.2) is 0 Å². The lowest BCUT2D eigenvalue weighted by molar-refractivity contribution is -0.122. The molecule has 2 rings (SSSR count). The lowest BCUT2D eigenvalue weighted by Crippen LogP contribution is -2.40. The zero-order chi connectivity index (χ0) is 14.5. The molecule has 1 heterocycles. The number of aliphatic hydroxyl groups is 1. The van der Waals surface area contributed by atoms with Gasteiger partial charge in [0.05, 0.1) is 13.2 Å². The standard InChI is InChI=1S/C15H21FN2O2/c1-11-4-5-12(7-14(11)16)8-17-15(20)9-18-6-2-3-13(18)10-19/h4-5,7,13,19H,2-3,6,8-10H2,1H3,(H,17,20)/t13-/m0/s1. The molecule has 0 bridgehead atoms. The average molecular weight is 280 g/mol. The van der Waals surface area contributed by atoms with Crippen molar-refractivity contribution in [1.29, 1.82) is 0 Å². The summed E-state index contributed by atoms with van der Waals surface area (Å²) < 4.78 is 13.4. The Kier molecular flexibility index (Phi) is 5.09. The molecule has 1 aromatic carbocycles. The van der Waals surface area contributed by atoms with Gasteiger partial charge in [-0.3, -0.25) is 9.69 Å². The molecule has 4 nitrogen and oxygen atoms in total. The van der Waals surface area contributed by atoms with E-state index in [0.717, 1.165) is 24.9 Å². The second-order valence-electron chi connectivity index (χ2n) is 5.31. The summed E-state index contributed by atoms with van der Waals surface area (Å²) in [6, 6.07) is 5.06. The summed E-state index contributed by atoms with van der Waals surface area (Å²) in [5.41, 5.74) is 1.35. The molecular formula is C15H21FN2O2. The van der Waals surface area contributed by atoms with Crippen LogP contribution >= 0.6 is 0 Å². The molecule has 1 aromatic rings. The van der Waals surface area contributed by atoms with E-state index in [1.165, 1.54) is 6.07 Å². The first-order chi connectivity index (χ1) is 9.60. The van der Waals surface area contributed by atoms with Crippen LogP contribution in [-0.4, -0.2) is 41.7 Å². The number of hydrogen-bond acceptors (Lipinski definition) is 3. The van der Waals surface area contributed by atoms with E-state index in [1.54, 1.807) is 13.0 Å². The Balaban J connectivity index is 1.81. The van der Waals surface area contributed by atoms with Crippen molar-refractivity contribution in [2.75, 3.05) is 19.7 Å². The third-order valence-electron chi connectivity index (χ3n) is 3.78. The Bertz CT molecular complexity index is 479. The second-order valence-corrected chi connectivity index (χ2v) is 5.31. The van der Waals surface area contributed by atoms with Gasteiger partial charge >= 0.3 is 0 Å². The first kappa shape index (κ1) is 14.9. The number of rotatable bonds is 5. The number of halogens is 1. The van der Waals surface area contributed by atoms with E-state index < -0.39 is 0 Å². The highest BCUT2D eigenvalue weighted by Gasteiger charge is 2.25. The van der Waals surface area contributed by atoms with E-state index in [1.807, 2.05) is 11.0 Å². The molecule has 1 atom stereocenters. The molecule has 1 saturated heterocycles. The van der Waals surface area contributed by atoms with Crippen LogP contribution in [0.3, 0.4) is 0 Å². The number of hydrogen-bond donors (Lipinski definition) is 2. The van der Waals surface area contributed by atoms with Gasteiger partial charge < -0.3 is 10.4 Å². The molecule has 0 radical (unpaired) electrons. The molecule has 1 aliphatic rings. The minimum absolute atomic E-state index is 0.0914. The smallest absolute Gasteiger partial charge is 0.234 e. The van der Waals surface area contributed by atoms with E-state index in [4.69, 9.17) is 0 Å². The quantitative estimate of drug-likeness (QED) is 0.852. The largest absolute Gasteiger partial charge is 0.395 e. The summed E-state index contributed by atoms with van der Waals surface area (Å²) in [5.74, 6) is -0.344. The molecule has 0 unspecified atom stereocenters. The van der Waals surface area contributed by atoms with Gasteiger partial charge in [-0.1, -0.05) is 12.1 Å². The number of likely N-dealkylation sites (tertiary alicyclic amines) is 1. The Morgan fingerprint density at radius 1 is 1.55 bits per heavy atom. The number of amides is 1. The monoisotopic (exact) mass is 280 g/mol. The van der Waals surface area contributed by atoms with Crippen molar-refractivity contribution in [2.24, 2.45) is 0 Å². The fourth-order valence-electron chi connectivity index (χ4n) is 2.50. The zero-order valence-electron chi connectivity index (χ0n) is 11.7. The third-order valence-corrected chi connectivity index (χ3v) is 3.78. The maximum atomic E-state index is 13.4. The van der Waals surface area contributed by atoms with Crippen molar-refractivity contribution in [2.45, 2.75) is 32.4 Å². The SMILES string of the molecule is Cc1ccc(CNC(=O)CN2CCC[C@H]2CO)cc1F. The fraction of sp³-hybridized carbons (Fsp3) is 0.533. The van der Waals surface area contributed by atoms with Crippen LogP contribution in [0, 0.1) is 12.7 Å². The highest BCUT2D eigenvalue weighted by atomic mass is 19.1. The van der Waals surface area contributed by atoms with E-state index in [-0.39, 0.29) is 24.4 Å². The Hall–Kier alpha value is -1.46. The number of carbonyl (C=O) groups excluding carboxylic acids is 1. The Morgan fingerprint density at radius 3 is 3.05 bits per heavy atom. The van der Waals surface area contributed by atoms with Crippen LogP contribution in [0.1, 0.15) is 24.0 Å². The third kappa shape index (κ3) is 3.77. The van der Waals surface area contributed by atoms with Crippen molar-refractivity contribution in [1.82, 2.24) is 10.2 Å². The van der Waals surface area contributed by atoms with Gasteiger partial charge in [0, 0.05) is 12.6 Å². The minimum atomic E-state index is -0.253. The number of aryl methyl sites for hydroxylation is 1. The van der Waals surface area contributed by atoms with Crippen molar-refractivity contribution >= 4 is 5.91 Å². The lowest BCUT2D eigenvalue weighted by Gasteiger charge is -2.21. The highest BCUT2D eigenvalue weighted by Crippen LogP contribution is 2.15. The van der Waals surface area contributed by atoms with Crippen molar-refractivity contribution in [3.63, 3.8) is 0 Å². The summed E-state index contributed by atoms with van der Waals surface area (Å²) in [6.07, 6.45) is 1.95. The van der Waals surface area contributed by atoms with Crippen LogP contribution in [0.5, 0.6) is 0 Å². The van der Waals surface area contributed by atoms with Gasteiger partial charge in [-0.2, -0.15) is 0 Å². The van der Waals surface area contributed by atoms with E-state index in [0.29, 0.717) is 18.7 Å². The molecule has 0 aromatic heterocycles. The van der Waals surface area contributed by atoms with Crippen LogP contribution in [0.15, 0.2) is 18.2 Å². The molecule has 20 heavy (non-hydrogen) atoms. The number of aliphatic hydroxyl groups excluding tert-OH is 1. The number of nitrogens with one attached hydrogen (secondary N) is 1. The topological polar surface area (TPSA) is 52.6 Å². The van der Waals surface area contributed by atoms with Gasteiger partial charge in [0.1, 0.15) is 5.82 Å². The maximum Gasteiger partial charge on any atom is 0.234 e. The first-order valence-corrected chi connectivity index (χ1v) is 6.97. The van der Waals surface area contributed by atoms with Gasteiger partial charge in [0.2, 0.25) is 5.91 Å². The molecule has 1 fully saturated rings. The molecule has 5 heteroatoms. The fourth-order valence-corrected chi connectivity index (χ4v) is 2.50. The van der Waals surface area contributed by atoms with Crippen LogP contribution < -0.4 is 5.32 Å². The van der Waals surface area contributed by atoms with E-state index in [9.17, 15) is 14.3 Å². The normalized spacial score (nSPS) is 19.2. The average Bonchev–Trinajstić information content (AvgIpc) is 2.87. The molecule has 1 amide bonds. The number of carbonyl (C=O) groups is 1.